The molecular formula is C23H25NO6. The number of para-hydroxylation sites is 1. The second-order valence-electron chi connectivity index (χ2n) is 7.87. The first-order chi connectivity index (χ1) is 14.4. The average Bonchev–Trinajstić information content (AvgIpc) is 2.72. The fourth-order valence-corrected chi connectivity index (χ4v) is 4.61. The smallest absolute Gasteiger partial charge is 0.316 e. The summed E-state index contributed by atoms with van der Waals surface area (Å²) in [6.45, 7) is 2.20. The molecule has 2 aliphatic heterocycles. The summed E-state index contributed by atoms with van der Waals surface area (Å²) in [6, 6.07) is 13.0. The summed E-state index contributed by atoms with van der Waals surface area (Å²) in [5.74, 6) is -1.14. The number of likely N-dealkylation sites (tertiary alicyclic amines) is 1. The molecule has 158 valence electrons. The van der Waals surface area contributed by atoms with E-state index in [4.69, 9.17) is 14.2 Å². The lowest BCUT2D eigenvalue weighted by Gasteiger charge is -2.52. The van der Waals surface area contributed by atoms with Gasteiger partial charge in [0.15, 0.2) is 17.2 Å². The number of methoxy groups -OCH3 is 2. The molecule has 2 aromatic rings. The van der Waals surface area contributed by atoms with Gasteiger partial charge in [0.1, 0.15) is 11.7 Å². The number of carbonyl (C=O) groups excluding carboxylic acids is 1. The van der Waals surface area contributed by atoms with Crippen LogP contribution in [0.5, 0.6) is 17.2 Å². The van der Waals surface area contributed by atoms with Gasteiger partial charge in [0.2, 0.25) is 5.91 Å². The van der Waals surface area contributed by atoms with Crippen molar-refractivity contribution in [3.05, 3.63) is 53.6 Å². The summed E-state index contributed by atoms with van der Waals surface area (Å²) >= 11 is 0. The molecule has 7 heteroatoms. The lowest BCUT2D eigenvalue weighted by atomic mass is 9.73. The first kappa shape index (κ1) is 20.1. The quantitative estimate of drug-likeness (QED) is 0.736. The largest absolute Gasteiger partial charge is 0.493 e. The van der Waals surface area contributed by atoms with Crippen molar-refractivity contribution in [2.45, 2.75) is 31.4 Å². The highest BCUT2D eigenvalue weighted by Crippen LogP contribution is 2.50. The Hall–Kier alpha value is -3.22. The van der Waals surface area contributed by atoms with Crippen molar-refractivity contribution >= 4 is 11.9 Å². The third-order valence-corrected chi connectivity index (χ3v) is 6.09. The first-order valence-corrected chi connectivity index (χ1v) is 9.91. The van der Waals surface area contributed by atoms with Crippen LogP contribution < -0.4 is 14.2 Å². The van der Waals surface area contributed by atoms with E-state index in [1.54, 1.807) is 19.1 Å². The summed E-state index contributed by atoms with van der Waals surface area (Å²) in [4.78, 5) is 26.9. The Balaban J connectivity index is 1.64. The fourth-order valence-electron chi connectivity index (χ4n) is 4.61. The van der Waals surface area contributed by atoms with E-state index in [0.29, 0.717) is 36.6 Å². The number of fused-ring (bicyclic) bond motifs is 4. The van der Waals surface area contributed by atoms with Crippen molar-refractivity contribution in [1.82, 2.24) is 4.90 Å². The van der Waals surface area contributed by atoms with Gasteiger partial charge in [-0.25, -0.2) is 0 Å². The van der Waals surface area contributed by atoms with Gasteiger partial charge in [-0.3, -0.25) is 9.59 Å². The normalized spacial score (nSPS) is 24.6. The van der Waals surface area contributed by atoms with Crippen LogP contribution in [-0.4, -0.2) is 48.4 Å². The van der Waals surface area contributed by atoms with Gasteiger partial charge in [-0.15, -0.1) is 0 Å². The van der Waals surface area contributed by atoms with E-state index in [-0.39, 0.29) is 0 Å². The molecule has 0 unspecified atom stereocenters. The van der Waals surface area contributed by atoms with Gasteiger partial charge >= 0.3 is 5.97 Å². The van der Waals surface area contributed by atoms with Gasteiger partial charge in [0.05, 0.1) is 14.2 Å². The van der Waals surface area contributed by atoms with Gasteiger partial charge in [0, 0.05) is 18.9 Å². The number of rotatable bonds is 6. The van der Waals surface area contributed by atoms with Crippen molar-refractivity contribution < 1.29 is 28.9 Å². The predicted octanol–water partition coefficient (Wildman–Crippen LogP) is 3.07. The van der Waals surface area contributed by atoms with Crippen LogP contribution in [0.1, 0.15) is 30.4 Å². The molecule has 0 spiro atoms. The van der Waals surface area contributed by atoms with Crippen LogP contribution in [-0.2, 0) is 16.0 Å². The first-order valence-electron chi connectivity index (χ1n) is 9.91. The molecule has 1 fully saturated rings. The van der Waals surface area contributed by atoms with E-state index in [9.17, 15) is 14.7 Å². The molecule has 3 atom stereocenters. The number of carbonyl (C=O) groups is 2. The molecule has 30 heavy (non-hydrogen) atoms. The summed E-state index contributed by atoms with van der Waals surface area (Å²) in [7, 11) is 3.15. The van der Waals surface area contributed by atoms with Crippen LogP contribution in [0.25, 0.3) is 0 Å². The van der Waals surface area contributed by atoms with Crippen molar-refractivity contribution in [2.75, 3.05) is 20.8 Å². The van der Waals surface area contributed by atoms with Crippen LogP contribution in [0.4, 0.5) is 0 Å². The molecule has 1 N–H and O–H groups in total. The van der Waals surface area contributed by atoms with Crippen LogP contribution in [0, 0.1) is 5.92 Å². The Morgan fingerprint density at radius 3 is 2.63 bits per heavy atom. The minimum absolute atomic E-state index is 0.337. The number of hydrogen-bond donors (Lipinski definition) is 1. The third kappa shape index (κ3) is 3.24. The number of ether oxygens (including phenoxy) is 3. The highest BCUT2D eigenvalue weighted by atomic mass is 16.5. The predicted molar refractivity (Wildman–Crippen MR) is 109 cm³/mol. The van der Waals surface area contributed by atoms with E-state index >= 15 is 0 Å². The Labute approximate surface area is 175 Å². The molecule has 0 aromatic heterocycles. The van der Waals surface area contributed by atoms with Gasteiger partial charge in [-0.2, -0.15) is 0 Å². The third-order valence-electron chi connectivity index (χ3n) is 6.09. The van der Waals surface area contributed by atoms with Crippen molar-refractivity contribution in [3.8, 4) is 17.2 Å². The van der Waals surface area contributed by atoms with Gasteiger partial charge in [-0.05, 0) is 42.7 Å². The molecule has 2 heterocycles. The zero-order valence-electron chi connectivity index (χ0n) is 17.3. The second-order valence-corrected chi connectivity index (χ2v) is 7.87. The van der Waals surface area contributed by atoms with Crippen molar-refractivity contribution in [1.29, 1.82) is 0 Å². The molecule has 4 rings (SSSR count). The van der Waals surface area contributed by atoms with Crippen molar-refractivity contribution in [3.63, 3.8) is 0 Å². The molecule has 0 saturated carbocycles. The molecule has 2 bridgehead atoms. The highest BCUT2D eigenvalue weighted by molar-refractivity contribution is 5.99. The fraction of sp³-hybridized carbons (Fsp3) is 0.391. The van der Waals surface area contributed by atoms with E-state index in [0.717, 1.165) is 11.1 Å². The van der Waals surface area contributed by atoms with Crippen LogP contribution >= 0.6 is 0 Å². The number of hydrogen-bond acceptors (Lipinski definition) is 5. The molecule has 2 aliphatic rings. The summed E-state index contributed by atoms with van der Waals surface area (Å²) in [5, 5.41) is 9.84. The topological polar surface area (TPSA) is 85.3 Å². The maximum Gasteiger partial charge on any atom is 0.316 e. The minimum atomic E-state index is -1.12. The lowest BCUT2D eigenvalue weighted by molar-refractivity contribution is -0.180. The number of amides is 1. The van der Waals surface area contributed by atoms with Crippen LogP contribution in [0.2, 0.25) is 0 Å². The number of carboxylic acid groups (broad SMARTS) is 1. The van der Waals surface area contributed by atoms with Crippen LogP contribution in [0.15, 0.2) is 42.5 Å². The summed E-state index contributed by atoms with van der Waals surface area (Å²) in [5.41, 5.74) is 0.850. The van der Waals surface area contributed by atoms with Gasteiger partial charge in [-0.1, -0.05) is 24.3 Å². The summed E-state index contributed by atoms with van der Waals surface area (Å²) < 4.78 is 16.9. The summed E-state index contributed by atoms with van der Waals surface area (Å²) in [6.07, 6.45) is 0.975. The molecule has 0 radical (unpaired) electrons. The molecule has 0 aliphatic carbocycles. The Kier molecular flexibility index (Phi) is 5.05. The minimum Gasteiger partial charge on any atom is -0.493 e. The number of piperidine rings is 1. The number of carboxylic acids is 1. The zero-order chi connectivity index (χ0) is 21.5. The van der Waals surface area contributed by atoms with Gasteiger partial charge in [0.25, 0.3) is 0 Å². The standard InChI is InChI=1S/C23H25NO6/c1-23-13-16(15-6-4-5-7-17(15)30-23)20(22(26)27)21(25)24(23)11-10-14-8-9-18(28-2)19(12-14)29-3/h4-9,12,16,20H,10-11,13H2,1-3H3,(H,26,27)/t16-,20+,23+/m0/s1. The molecular weight excluding hydrogens is 386 g/mol. The molecule has 1 amide bonds. The van der Waals surface area contributed by atoms with E-state index in [2.05, 4.69) is 0 Å². The zero-order valence-corrected chi connectivity index (χ0v) is 17.3. The van der Waals surface area contributed by atoms with Gasteiger partial charge < -0.3 is 24.2 Å². The van der Waals surface area contributed by atoms with E-state index in [1.165, 1.54) is 0 Å². The Morgan fingerprint density at radius 2 is 1.93 bits per heavy atom. The SMILES string of the molecule is COc1ccc(CCN2C(=O)[C@H](C(=O)O)[C@H]3C[C@@]2(C)Oc2ccccc23)cc1OC. The molecule has 2 aromatic carbocycles. The average molecular weight is 411 g/mol. The maximum absolute atomic E-state index is 13.3. The van der Waals surface area contributed by atoms with E-state index < -0.39 is 29.4 Å². The maximum atomic E-state index is 13.3. The number of benzene rings is 2. The van der Waals surface area contributed by atoms with E-state index in [1.807, 2.05) is 49.4 Å². The number of aliphatic carboxylic acids is 1. The number of nitrogens with zero attached hydrogens (tertiary/aromatic N) is 1. The van der Waals surface area contributed by atoms with Crippen molar-refractivity contribution in [2.24, 2.45) is 5.92 Å². The lowest BCUT2D eigenvalue weighted by Crippen LogP contribution is -2.64. The second kappa shape index (κ2) is 7.55. The highest BCUT2D eigenvalue weighted by Gasteiger charge is 2.56. The molecule has 1 saturated heterocycles. The Bertz CT molecular complexity index is 989. The monoisotopic (exact) mass is 411 g/mol. The molecule has 7 nitrogen and oxygen atoms in total. The van der Waals surface area contributed by atoms with Crippen LogP contribution in [0.3, 0.4) is 0 Å². The Morgan fingerprint density at radius 1 is 1.20 bits per heavy atom.